The van der Waals surface area contributed by atoms with Gasteiger partial charge in [-0.05, 0) is 39.3 Å². The average Bonchev–Trinajstić information content (AvgIpc) is 3.57. The van der Waals surface area contributed by atoms with Crippen LogP contribution in [0.2, 0.25) is 0 Å². The van der Waals surface area contributed by atoms with Gasteiger partial charge in [-0.25, -0.2) is 0 Å². The highest BCUT2D eigenvalue weighted by Gasteiger charge is 2.50. The highest BCUT2D eigenvalue weighted by molar-refractivity contribution is 6.23. The number of non-ortho nitro benzene ring substituents is 1. The number of carbonyl (C=O) groups is 3. The number of fused-ring (bicyclic) bond motifs is 14. The molecule has 3 aromatic rings. The Morgan fingerprint density at radius 1 is 0.943 bits per heavy atom. The Hall–Kier alpha value is -6.54. The predicted octanol–water partition coefficient (Wildman–Crippen LogP) is 6.59. The Bertz CT molecular complexity index is 2620. The molecule has 1 saturated heterocycles. The van der Waals surface area contributed by atoms with Crippen LogP contribution < -0.4 is 10.1 Å². The predicted molar refractivity (Wildman–Crippen MR) is 261 cm³/mol. The number of benzene rings is 3. The maximum Gasteiger partial charge on any atom is 0.312 e. The Balaban J connectivity index is 1.46. The first-order valence-electron chi connectivity index (χ1n) is 23.3. The third-order valence-electron chi connectivity index (χ3n) is 13.9. The highest BCUT2D eigenvalue weighted by Crippen LogP contribution is 2.55. The number of methoxy groups -OCH3 is 1. The lowest BCUT2D eigenvalue weighted by Crippen LogP contribution is -2.54. The number of ketones is 1. The van der Waals surface area contributed by atoms with Crippen molar-refractivity contribution in [1.29, 1.82) is 0 Å². The summed E-state index contributed by atoms with van der Waals surface area (Å²) >= 11 is 0. The van der Waals surface area contributed by atoms with Crippen molar-refractivity contribution < 1.29 is 63.8 Å². The summed E-state index contributed by atoms with van der Waals surface area (Å²) in [7, 11) is 1.43. The fourth-order valence-corrected chi connectivity index (χ4v) is 9.76. The number of Topliss-reactive ketones (excluding diaryl/α,β-unsaturated/α-hetero) is 1. The number of aromatic hydroxyl groups is 3. The molecular formula is C51H65N5O14. The number of aliphatic hydroxyl groups is 2. The third-order valence-corrected chi connectivity index (χ3v) is 13.9. The van der Waals surface area contributed by atoms with Gasteiger partial charge in [0.15, 0.2) is 5.75 Å². The van der Waals surface area contributed by atoms with Gasteiger partial charge < -0.3 is 49.8 Å². The van der Waals surface area contributed by atoms with Crippen LogP contribution in [0.15, 0.2) is 65.5 Å². The van der Waals surface area contributed by atoms with Crippen LogP contribution in [0, 0.1) is 40.7 Å². The lowest BCUT2D eigenvalue weighted by Gasteiger charge is -2.42. The number of amides is 1. The van der Waals surface area contributed by atoms with Gasteiger partial charge in [0.2, 0.25) is 0 Å². The van der Waals surface area contributed by atoms with E-state index in [4.69, 9.17) is 24.0 Å². The number of nitro benzene ring substituents is 1. The van der Waals surface area contributed by atoms with Crippen molar-refractivity contribution in [1.82, 2.24) is 9.91 Å². The molecule has 0 radical (unpaired) electrons. The Morgan fingerprint density at radius 3 is 2.19 bits per heavy atom. The van der Waals surface area contributed by atoms with Crippen LogP contribution in [0.4, 0.5) is 11.4 Å². The van der Waals surface area contributed by atoms with Crippen molar-refractivity contribution in [2.75, 3.05) is 25.5 Å². The number of hydrazone groups is 1. The van der Waals surface area contributed by atoms with Gasteiger partial charge in [0, 0.05) is 92.9 Å². The second-order valence-electron chi connectivity index (χ2n) is 19.1. The number of hydrogen-bond acceptors (Lipinski definition) is 17. The quantitative estimate of drug-likeness (QED) is 0.0364. The second-order valence-corrected chi connectivity index (χ2v) is 19.1. The molecule has 5 bridgehead atoms. The maximum atomic E-state index is 14.7. The zero-order valence-corrected chi connectivity index (χ0v) is 41.4. The minimum absolute atomic E-state index is 0.00438. The number of aliphatic hydroxyl groups excluding tert-OH is 2. The number of carbonyl (C=O) groups excluding carboxylic acids is 3. The van der Waals surface area contributed by atoms with Crippen LogP contribution in [0.1, 0.15) is 89.4 Å². The molecule has 19 nitrogen and oxygen atoms in total. The summed E-state index contributed by atoms with van der Waals surface area (Å²) in [5.41, 5.74) is 0.292. The van der Waals surface area contributed by atoms with Gasteiger partial charge in [-0.15, -0.1) is 0 Å². The topological polar surface area (TPSA) is 263 Å². The number of anilines is 1. The Morgan fingerprint density at radius 2 is 1.59 bits per heavy atom. The molecule has 4 aliphatic heterocycles. The molecule has 0 aliphatic carbocycles. The Kier molecular flexibility index (Phi) is 16.0. The van der Waals surface area contributed by atoms with E-state index in [0.717, 1.165) is 5.56 Å². The molecule has 19 heteroatoms. The number of phenolic OH excluding ortho intramolecular Hbond substituents is 3. The zero-order chi connectivity index (χ0) is 51.7. The van der Waals surface area contributed by atoms with Crippen molar-refractivity contribution in [3.8, 4) is 23.0 Å². The number of esters is 1. The number of allylic oxidation sites excluding steroid dienone is 2. The van der Waals surface area contributed by atoms with Crippen LogP contribution in [0.25, 0.3) is 10.8 Å². The molecule has 6 N–H and O–H groups in total. The monoisotopic (exact) mass is 971 g/mol. The molecule has 7 rings (SSSR count). The zero-order valence-electron chi connectivity index (χ0n) is 41.4. The number of nitro groups is 1. The summed E-state index contributed by atoms with van der Waals surface area (Å²) in [6.45, 7) is 17.9. The third kappa shape index (κ3) is 10.5. The molecular weight excluding hydrogens is 907 g/mol. The lowest BCUT2D eigenvalue weighted by atomic mass is 9.78. The number of nitrogens with one attached hydrogen (secondary N) is 1. The van der Waals surface area contributed by atoms with E-state index in [0.29, 0.717) is 19.6 Å². The van der Waals surface area contributed by atoms with E-state index in [1.54, 1.807) is 57.0 Å². The number of piperazine rings is 1. The molecule has 11 atom stereocenters. The molecule has 378 valence electrons. The fourth-order valence-electron chi connectivity index (χ4n) is 9.76. The number of ether oxygens (including phenoxy) is 4. The maximum absolute atomic E-state index is 14.7. The van der Waals surface area contributed by atoms with Crippen molar-refractivity contribution >= 4 is 46.0 Å². The van der Waals surface area contributed by atoms with E-state index in [9.17, 15) is 50.0 Å². The van der Waals surface area contributed by atoms with E-state index in [2.05, 4.69) is 10.2 Å². The van der Waals surface area contributed by atoms with Gasteiger partial charge in [-0.3, -0.25) is 34.4 Å². The van der Waals surface area contributed by atoms with Gasteiger partial charge >= 0.3 is 11.8 Å². The van der Waals surface area contributed by atoms with Crippen LogP contribution in [-0.4, -0.2) is 127 Å². The van der Waals surface area contributed by atoms with Crippen LogP contribution >= 0.6 is 0 Å². The fraction of sp³-hybridized carbons (Fsp3) is 0.490. The minimum Gasteiger partial charge on any atom is -0.507 e. The number of rotatable bonds is 7. The smallest absolute Gasteiger partial charge is 0.312 e. The molecule has 70 heavy (non-hydrogen) atoms. The number of nitrogens with zero attached hydrogens (tertiary/aromatic N) is 4. The molecule has 0 saturated carbocycles. The number of phenols is 3. The van der Waals surface area contributed by atoms with Gasteiger partial charge in [0.05, 0.1) is 70.0 Å². The van der Waals surface area contributed by atoms with Crippen LogP contribution in [0.3, 0.4) is 0 Å². The SMILES string of the molecule is CO[C@@H]1C=CO[C@@]2(C)Oc3c(C)c(O)c4c(O)c(c(C=NN5[C@H](C)CN(Cc6ccc([N+](=O)[O-])cc6)C[C@@H]5C)c(O)c4c3C2=O)NC(=O)C(C)=CC=C[C@H](C)[C@H](O)[C@H](C)[C@H](O)[C@H](C)[C@H](OC(C)=O)[C@H]1C. The average molecular weight is 972 g/mol. The summed E-state index contributed by atoms with van der Waals surface area (Å²) in [6.07, 6.45) is 4.63. The molecule has 3 aromatic carbocycles. The first kappa shape index (κ1) is 52.8. The minimum atomic E-state index is -2.10. The Labute approximate surface area is 406 Å². The van der Waals surface area contributed by atoms with Crippen LogP contribution in [-0.2, 0) is 30.3 Å². The summed E-state index contributed by atoms with van der Waals surface area (Å²) in [5, 5.41) is 79.2. The summed E-state index contributed by atoms with van der Waals surface area (Å²) in [6, 6.07) is 5.91. The van der Waals surface area contributed by atoms with Crippen molar-refractivity contribution in [2.45, 2.75) is 118 Å². The highest BCUT2D eigenvalue weighted by atomic mass is 16.7. The molecule has 4 heterocycles. The second kappa shape index (κ2) is 21.2. The van der Waals surface area contributed by atoms with Gasteiger partial charge in [-0.1, -0.05) is 58.1 Å². The van der Waals surface area contributed by atoms with Gasteiger partial charge in [-0.2, -0.15) is 5.10 Å². The van der Waals surface area contributed by atoms with E-state index in [-0.39, 0.29) is 62.2 Å². The van der Waals surface area contributed by atoms with Crippen LogP contribution in [0.5, 0.6) is 23.0 Å². The molecule has 1 fully saturated rings. The van der Waals surface area contributed by atoms with Crippen molar-refractivity contribution in [3.63, 3.8) is 0 Å². The van der Waals surface area contributed by atoms with Crippen molar-refractivity contribution in [3.05, 3.63) is 92.8 Å². The van der Waals surface area contributed by atoms with Gasteiger partial charge in [0.25, 0.3) is 17.4 Å². The summed E-state index contributed by atoms with van der Waals surface area (Å²) < 4.78 is 23.8. The number of hydrogen-bond donors (Lipinski definition) is 6. The standard InChI is InChI=1S/C51H65N5O14/c1-25-13-12-14-26(2)50(64)53-41-36(21-52-55-27(3)22-54(23-28(55)4)24-34-15-17-35(18-16-34)56(65)66)45(61)38-39(46(41)62)44(60)32(8)48-40(38)49(63)51(10,70-48)68-20-19-37(67-11)29(5)47(69-33(9)57)31(7)43(59)30(6)42(25)58/h12-21,25,27-31,37,42-43,47,58-62H,22-24H2,1-11H3,(H,53,64)/t25-,27-,28+,29-,30-,31-,37+,42-,43-,47+,51-/m0/s1. The van der Waals surface area contributed by atoms with E-state index in [1.165, 1.54) is 71.6 Å². The van der Waals surface area contributed by atoms with Crippen molar-refractivity contribution in [2.24, 2.45) is 28.8 Å². The summed E-state index contributed by atoms with van der Waals surface area (Å²) in [5.74, 6) is -8.81. The first-order valence-corrected chi connectivity index (χ1v) is 23.3. The van der Waals surface area contributed by atoms with E-state index in [1.807, 2.05) is 13.8 Å². The summed E-state index contributed by atoms with van der Waals surface area (Å²) in [4.78, 5) is 54.0. The van der Waals surface area contributed by atoms with E-state index >= 15 is 0 Å². The molecule has 0 aromatic heterocycles. The normalized spacial score (nSPS) is 29.3. The molecule has 0 unspecified atom stereocenters. The van der Waals surface area contributed by atoms with Gasteiger partial charge in [0.1, 0.15) is 23.4 Å². The first-order chi connectivity index (χ1) is 32.9. The lowest BCUT2D eigenvalue weighted by molar-refractivity contribution is -0.384. The van der Waals surface area contributed by atoms with E-state index < -0.39 is 93.7 Å². The molecule has 4 aliphatic rings. The largest absolute Gasteiger partial charge is 0.507 e. The molecule has 1 amide bonds. The molecule has 0 spiro atoms.